The van der Waals surface area contributed by atoms with E-state index in [4.69, 9.17) is 8.83 Å². The zero-order valence-electron chi connectivity index (χ0n) is 20.7. The highest BCUT2D eigenvalue weighted by molar-refractivity contribution is 6.05. The first kappa shape index (κ1) is 22.8. The van der Waals surface area contributed by atoms with Gasteiger partial charge in [0.05, 0.1) is 11.1 Å². The van der Waals surface area contributed by atoms with Gasteiger partial charge in [0, 0.05) is 35.6 Å². The van der Waals surface area contributed by atoms with Crippen LogP contribution >= 0.6 is 0 Å². The van der Waals surface area contributed by atoms with Gasteiger partial charge in [-0.3, -0.25) is 0 Å². The van der Waals surface area contributed by atoms with Crippen molar-refractivity contribution in [3.63, 3.8) is 0 Å². The summed E-state index contributed by atoms with van der Waals surface area (Å²) >= 11 is 0. The molecule has 6 aromatic rings. The van der Waals surface area contributed by atoms with Gasteiger partial charge in [-0.15, -0.1) is 0 Å². The lowest BCUT2D eigenvalue weighted by molar-refractivity contribution is 0.563. The van der Waals surface area contributed by atoms with E-state index in [0.29, 0.717) is 22.3 Å². The minimum Gasteiger partial charge on any atom is -0.422 e. The number of anilines is 1. The van der Waals surface area contributed by atoms with Crippen molar-refractivity contribution >= 4 is 38.4 Å². The summed E-state index contributed by atoms with van der Waals surface area (Å²) in [6.07, 6.45) is 0. The Kier molecular flexibility index (Phi) is 5.61. The Bertz CT molecular complexity index is 1910. The molecule has 0 saturated carbocycles. The molecule has 5 nitrogen and oxygen atoms in total. The summed E-state index contributed by atoms with van der Waals surface area (Å²) in [4.78, 5) is 28.3. The lowest BCUT2D eigenvalue weighted by Gasteiger charge is -2.21. The minimum absolute atomic E-state index is 0.396. The summed E-state index contributed by atoms with van der Waals surface area (Å²) in [5.41, 5.74) is 3.83. The molecule has 0 aliphatic rings. The molecule has 0 saturated heterocycles. The Morgan fingerprint density at radius 1 is 0.568 bits per heavy atom. The highest BCUT2D eigenvalue weighted by atomic mass is 16.4. The van der Waals surface area contributed by atoms with Gasteiger partial charge in [-0.05, 0) is 66.1 Å². The molecule has 5 heteroatoms. The van der Waals surface area contributed by atoms with Gasteiger partial charge in [-0.1, -0.05) is 54.6 Å². The molecule has 0 fully saturated rings. The number of fused-ring (bicyclic) bond motifs is 3. The van der Waals surface area contributed by atoms with E-state index in [0.717, 1.165) is 51.4 Å². The van der Waals surface area contributed by atoms with Gasteiger partial charge in [-0.25, -0.2) is 9.59 Å². The molecule has 2 heterocycles. The molecule has 0 atom stereocenters. The van der Waals surface area contributed by atoms with Crippen LogP contribution in [-0.4, -0.2) is 13.1 Å². The maximum atomic E-state index is 13.2. The number of hydrogen-bond donors (Lipinski definition) is 0. The first-order valence-electron chi connectivity index (χ1n) is 12.5. The van der Waals surface area contributed by atoms with Gasteiger partial charge in [-0.2, -0.15) is 0 Å². The Labute approximate surface area is 213 Å². The van der Waals surface area contributed by atoms with Crippen LogP contribution in [0.2, 0.25) is 0 Å². The quantitative estimate of drug-likeness (QED) is 0.240. The lowest BCUT2D eigenvalue weighted by atomic mass is 9.93. The van der Waals surface area contributed by atoms with Crippen LogP contribution in [0, 0.1) is 0 Å². The van der Waals surface area contributed by atoms with Crippen molar-refractivity contribution in [1.29, 1.82) is 0 Å². The Morgan fingerprint density at radius 3 is 1.76 bits per heavy atom. The van der Waals surface area contributed by atoms with E-state index in [2.05, 4.69) is 24.8 Å². The van der Waals surface area contributed by atoms with Crippen molar-refractivity contribution in [2.45, 2.75) is 13.8 Å². The second-order valence-electron chi connectivity index (χ2n) is 9.03. The highest BCUT2D eigenvalue weighted by Gasteiger charge is 2.16. The Hall–Kier alpha value is -4.64. The van der Waals surface area contributed by atoms with Crippen LogP contribution in [0.25, 0.3) is 55.0 Å². The Balaban J connectivity index is 1.53. The van der Waals surface area contributed by atoms with Crippen LogP contribution in [0.1, 0.15) is 13.8 Å². The number of rotatable bonds is 5. The highest BCUT2D eigenvalue weighted by Crippen LogP contribution is 2.34. The Morgan fingerprint density at radius 2 is 1.14 bits per heavy atom. The second kappa shape index (κ2) is 9.10. The van der Waals surface area contributed by atoms with Crippen LogP contribution in [0.5, 0.6) is 0 Å². The number of para-hydroxylation sites is 1. The lowest BCUT2D eigenvalue weighted by Crippen LogP contribution is -2.21. The number of benzene rings is 4. The molecule has 0 bridgehead atoms. The van der Waals surface area contributed by atoms with Gasteiger partial charge < -0.3 is 13.7 Å². The monoisotopic (exact) mass is 487 g/mol. The molecule has 2 aromatic heterocycles. The third-order valence-electron chi connectivity index (χ3n) is 6.99. The fourth-order valence-corrected chi connectivity index (χ4v) is 5.10. The minimum atomic E-state index is -0.397. The molecule has 0 aliphatic heterocycles. The zero-order valence-corrected chi connectivity index (χ0v) is 20.7. The van der Waals surface area contributed by atoms with E-state index < -0.39 is 11.3 Å². The van der Waals surface area contributed by atoms with Gasteiger partial charge >= 0.3 is 11.3 Å². The first-order valence-corrected chi connectivity index (χ1v) is 12.5. The normalized spacial score (nSPS) is 11.4. The van der Waals surface area contributed by atoms with Gasteiger partial charge in [0.15, 0.2) is 0 Å². The molecular weight excluding hydrogens is 462 g/mol. The summed E-state index contributed by atoms with van der Waals surface area (Å²) in [6.45, 7) is 5.95. The van der Waals surface area contributed by atoms with Crippen molar-refractivity contribution < 1.29 is 8.83 Å². The molecule has 0 spiro atoms. The standard InChI is InChI=1S/C32H25NO4/c1-3-33(4-2)22-16-15-21-18-28(32(35)37-30(21)19-22)26-13-8-10-23-24(26)11-7-12-25(23)27-17-20-9-5-6-14-29(20)36-31(27)34/h5-19H,3-4H2,1-2H3. The topological polar surface area (TPSA) is 63.7 Å². The fourth-order valence-electron chi connectivity index (χ4n) is 5.10. The molecule has 4 aromatic carbocycles. The predicted molar refractivity (Wildman–Crippen MR) is 150 cm³/mol. The van der Waals surface area contributed by atoms with Crippen molar-refractivity contribution in [2.75, 3.05) is 18.0 Å². The van der Waals surface area contributed by atoms with Crippen LogP contribution < -0.4 is 16.2 Å². The summed E-state index contributed by atoms with van der Waals surface area (Å²) < 4.78 is 11.4. The van der Waals surface area contributed by atoms with Crippen molar-refractivity contribution in [3.05, 3.63) is 112 Å². The van der Waals surface area contributed by atoms with Crippen molar-refractivity contribution in [3.8, 4) is 22.3 Å². The molecule has 0 unspecified atom stereocenters. The van der Waals surface area contributed by atoms with Crippen LogP contribution in [0.15, 0.2) is 109 Å². The molecule has 37 heavy (non-hydrogen) atoms. The molecule has 0 aliphatic carbocycles. The van der Waals surface area contributed by atoms with Gasteiger partial charge in [0.2, 0.25) is 0 Å². The van der Waals surface area contributed by atoms with Crippen LogP contribution in [0.3, 0.4) is 0 Å². The largest absolute Gasteiger partial charge is 0.422 e. The number of nitrogens with zero attached hydrogens (tertiary/aromatic N) is 1. The number of hydrogen-bond acceptors (Lipinski definition) is 5. The van der Waals surface area contributed by atoms with E-state index in [9.17, 15) is 9.59 Å². The summed E-state index contributed by atoms with van der Waals surface area (Å²) in [6, 6.07) is 28.7. The molecular formula is C32H25NO4. The average molecular weight is 488 g/mol. The van der Waals surface area contributed by atoms with E-state index in [1.54, 1.807) is 6.07 Å². The fraction of sp³-hybridized carbons (Fsp3) is 0.125. The van der Waals surface area contributed by atoms with Crippen LogP contribution in [0.4, 0.5) is 5.69 Å². The maximum Gasteiger partial charge on any atom is 0.344 e. The molecule has 182 valence electrons. The van der Waals surface area contributed by atoms with E-state index in [1.807, 2.05) is 78.9 Å². The van der Waals surface area contributed by atoms with Gasteiger partial charge in [0.1, 0.15) is 11.2 Å². The molecule has 6 rings (SSSR count). The second-order valence-corrected chi connectivity index (χ2v) is 9.03. The summed E-state index contributed by atoms with van der Waals surface area (Å²) in [7, 11) is 0. The van der Waals surface area contributed by atoms with Gasteiger partial charge in [0.25, 0.3) is 0 Å². The maximum absolute atomic E-state index is 13.2. The first-order chi connectivity index (χ1) is 18.1. The molecule has 0 amide bonds. The predicted octanol–water partition coefficient (Wildman–Crippen LogP) is 7.23. The van der Waals surface area contributed by atoms with Crippen molar-refractivity contribution in [1.82, 2.24) is 0 Å². The third-order valence-corrected chi connectivity index (χ3v) is 6.99. The summed E-state index contributed by atoms with van der Waals surface area (Å²) in [5, 5.41) is 3.43. The summed E-state index contributed by atoms with van der Waals surface area (Å²) in [5.74, 6) is 0. The smallest absolute Gasteiger partial charge is 0.344 e. The molecule has 0 N–H and O–H groups in total. The third kappa shape index (κ3) is 3.89. The SMILES string of the molecule is CCN(CC)c1ccc2cc(-c3cccc4c(-c5cc6ccccc6oc5=O)cccc34)c(=O)oc2c1. The molecule has 0 radical (unpaired) electrons. The van der Waals surface area contributed by atoms with E-state index in [-0.39, 0.29) is 0 Å². The zero-order chi connectivity index (χ0) is 25.5. The van der Waals surface area contributed by atoms with Crippen molar-refractivity contribution in [2.24, 2.45) is 0 Å². The van der Waals surface area contributed by atoms with Crippen LogP contribution in [-0.2, 0) is 0 Å². The van der Waals surface area contributed by atoms with E-state index >= 15 is 0 Å². The van der Waals surface area contributed by atoms with E-state index in [1.165, 1.54) is 0 Å². The average Bonchev–Trinajstić information content (AvgIpc) is 2.92.